The molecule has 5 rings (SSSR count). The van der Waals surface area contributed by atoms with Crippen LogP contribution in [-0.2, 0) is 24.8 Å². The average Bonchev–Trinajstić information content (AvgIpc) is 2.97. The molecule has 0 spiro atoms. The molecule has 0 amide bonds. The molecule has 1 unspecified atom stereocenters. The summed E-state index contributed by atoms with van der Waals surface area (Å²) in [5.74, 6) is 0.148. The van der Waals surface area contributed by atoms with Crippen molar-refractivity contribution in [1.82, 2.24) is 4.90 Å². The first-order valence-electron chi connectivity index (χ1n) is 15.0. The summed E-state index contributed by atoms with van der Waals surface area (Å²) in [6.07, 6.45) is 5.17. The van der Waals surface area contributed by atoms with Crippen LogP contribution in [0, 0.1) is 0 Å². The Morgan fingerprint density at radius 1 is 0.886 bits per heavy atom. The number of hydrogen-bond acceptors (Lipinski definition) is 3. The third kappa shape index (κ3) is 7.71. The molecule has 4 aromatic rings. The van der Waals surface area contributed by atoms with Crippen molar-refractivity contribution in [2.45, 2.75) is 66.9 Å². The van der Waals surface area contributed by atoms with E-state index in [0.717, 1.165) is 44.2 Å². The van der Waals surface area contributed by atoms with Gasteiger partial charge in [0.05, 0.1) is 10.8 Å². The van der Waals surface area contributed by atoms with Crippen LogP contribution in [0.1, 0.15) is 53.5 Å². The predicted molar refractivity (Wildman–Crippen MR) is 175 cm³/mol. The van der Waals surface area contributed by atoms with E-state index < -0.39 is 5.51 Å². The van der Waals surface area contributed by atoms with Gasteiger partial charge in [0.25, 0.3) is 0 Å². The number of hydrogen-bond donors (Lipinski definition) is 1. The summed E-state index contributed by atoms with van der Waals surface area (Å²) in [6, 6.07) is 34.5. The molecular formula is C37H37ClF3NOS. The number of benzene rings is 4. The minimum absolute atomic E-state index is 0.0352. The predicted octanol–water partition coefficient (Wildman–Crippen LogP) is 10.5. The van der Waals surface area contributed by atoms with Gasteiger partial charge in [0.2, 0.25) is 0 Å². The Kier molecular flexibility index (Phi) is 10.5. The Balaban J connectivity index is 1.42. The van der Waals surface area contributed by atoms with Crippen LogP contribution in [0.4, 0.5) is 13.2 Å². The number of allylic oxidation sites excluding steroid dienone is 1. The second-order valence-electron chi connectivity index (χ2n) is 11.5. The van der Waals surface area contributed by atoms with Gasteiger partial charge in [-0.2, -0.15) is 13.2 Å². The number of aliphatic hydroxyl groups excluding tert-OH is 1. The van der Waals surface area contributed by atoms with Crippen molar-refractivity contribution in [2.24, 2.45) is 0 Å². The molecule has 0 aliphatic heterocycles. The van der Waals surface area contributed by atoms with Crippen molar-refractivity contribution in [3.8, 4) is 0 Å². The molecule has 1 aliphatic carbocycles. The third-order valence-electron chi connectivity index (χ3n) is 8.60. The minimum atomic E-state index is -4.41. The highest BCUT2D eigenvalue weighted by Gasteiger charge is 2.51. The maximum Gasteiger partial charge on any atom is 0.446 e. The fourth-order valence-electron chi connectivity index (χ4n) is 6.59. The first kappa shape index (κ1) is 32.2. The summed E-state index contributed by atoms with van der Waals surface area (Å²) in [7, 11) is 0. The van der Waals surface area contributed by atoms with Gasteiger partial charge in [-0.05, 0) is 84.3 Å². The SMILES string of the molecule is C=C(O)Cc1cccc(CCCCN(Cc2cccc(SC(F)(F)F)c2Cl)C2CCC2(c2ccccc2)c2ccccc2)c1. The van der Waals surface area contributed by atoms with Gasteiger partial charge in [0, 0.05) is 29.3 Å². The Hall–Kier alpha value is -3.19. The molecule has 1 aliphatic rings. The number of rotatable bonds is 13. The van der Waals surface area contributed by atoms with Crippen molar-refractivity contribution in [1.29, 1.82) is 0 Å². The van der Waals surface area contributed by atoms with Crippen LogP contribution in [0.5, 0.6) is 0 Å². The fraction of sp³-hybridized carbons (Fsp3) is 0.297. The summed E-state index contributed by atoms with van der Waals surface area (Å²) in [5.41, 5.74) is 0.820. The molecule has 1 N–H and O–H groups in total. The molecule has 0 aromatic heterocycles. The van der Waals surface area contributed by atoms with Gasteiger partial charge in [-0.15, -0.1) is 0 Å². The van der Waals surface area contributed by atoms with Gasteiger partial charge < -0.3 is 5.11 Å². The van der Waals surface area contributed by atoms with Crippen LogP contribution >= 0.6 is 23.4 Å². The first-order chi connectivity index (χ1) is 21.2. The van der Waals surface area contributed by atoms with Gasteiger partial charge >= 0.3 is 5.51 Å². The first-order valence-corrected chi connectivity index (χ1v) is 16.2. The van der Waals surface area contributed by atoms with Crippen LogP contribution in [0.15, 0.2) is 120 Å². The highest BCUT2D eigenvalue weighted by molar-refractivity contribution is 8.00. The van der Waals surface area contributed by atoms with Crippen LogP contribution < -0.4 is 0 Å². The topological polar surface area (TPSA) is 23.5 Å². The summed E-state index contributed by atoms with van der Waals surface area (Å²) < 4.78 is 39.9. The monoisotopic (exact) mass is 635 g/mol. The van der Waals surface area contributed by atoms with E-state index in [-0.39, 0.29) is 38.9 Å². The van der Waals surface area contributed by atoms with Crippen molar-refractivity contribution in [2.75, 3.05) is 6.54 Å². The number of unbranched alkanes of at least 4 members (excludes halogenated alkanes) is 1. The number of aliphatic hydroxyl groups is 1. The smallest absolute Gasteiger partial charge is 0.446 e. The number of alkyl halides is 3. The Bertz CT molecular complexity index is 1500. The molecule has 1 fully saturated rings. The zero-order valence-corrected chi connectivity index (χ0v) is 26.1. The van der Waals surface area contributed by atoms with Gasteiger partial charge in [-0.3, -0.25) is 4.90 Å². The molecular weight excluding hydrogens is 599 g/mol. The summed E-state index contributed by atoms with van der Waals surface area (Å²) in [4.78, 5) is 2.48. The molecule has 230 valence electrons. The van der Waals surface area contributed by atoms with E-state index in [1.54, 1.807) is 6.07 Å². The molecule has 44 heavy (non-hydrogen) atoms. The molecule has 0 heterocycles. The van der Waals surface area contributed by atoms with Crippen molar-refractivity contribution in [3.05, 3.63) is 148 Å². The van der Waals surface area contributed by atoms with E-state index in [1.165, 1.54) is 22.8 Å². The second kappa shape index (κ2) is 14.3. The second-order valence-corrected chi connectivity index (χ2v) is 13.0. The molecule has 4 aromatic carbocycles. The summed E-state index contributed by atoms with van der Waals surface area (Å²) in [5, 5.41) is 9.78. The molecule has 1 atom stereocenters. The highest BCUT2D eigenvalue weighted by atomic mass is 35.5. The van der Waals surface area contributed by atoms with Gasteiger partial charge in [-0.25, -0.2) is 0 Å². The quantitative estimate of drug-likeness (QED) is 0.0898. The van der Waals surface area contributed by atoms with E-state index in [9.17, 15) is 18.3 Å². The Morgan fingerprint density at radius 3 is 2.11 bits per heavy atom. The van der Waals surface area contributed by atoms with Gasteiger partial charge in [-0.1, -0.05) is 115 Å². The zero-order chi connectivity index (χ0) is 31.2. The van der Waals surface area contributed by atoms with E-state index >= 15 is 0 Å². The molecule has 0 bridgehead atoms. The lowest BCUT2D eigenvalue weighted by atomic mass is 9.56. The average molecular weight is 636 g/mol. The molecule has 0 radical (unpaired) electrons. The van der Waals surface area contributed by atoms with Gasteiger partial charge in [0.15, 0.2) is 0 Å². The standard InChI is InChI=1S/C37H37ClF3NOS/c1-27(43)24-29-14-10-13-28(25-29)12-8-9-23-42(26-30-15-11-20-33(35(30)38)44-37(39,40)41)34-21-22-36(34,31-16-4-2-5-17-31)32-18-6-3-7-19-32/h2-7,10-11,13-20,25,34,43H,1,8-9,12,21-24,26H2. The molecule has 1 saturated carbocycles. The lowest BCUT2D eigenvalue weighted by Crippen LogP contribution is -2.58. The maximum absolute atomic E-state index is 13.3. The molecule has 7 heteroatoms. The number of nitrogens with zero attached hydrogens (tertiary/aromatic N) is 1. The molecule has 0 saturated heterocycles. The number of halogens is 4. The normalized spacial score (nSPS) is 16.1. The fourth-order valence-corrected chi connectivity index (χ4v) is 7.51. The van der Waals surface area contributed by atoms with Crippen LogP contribution in [0.2, 0.25) is 5.02 Å². The summed E-state index contributed by atoms with van der Waals surface area (Å²) >= 11 is 6.49. The van der Waals surface area contributed by atoms with Gasteiger partial charge in [0.1, 0.15) is 0 Å². The number of thioether (sulfide) groups is 1. The Morgan fingerprint density at radius 2 is 1.52 bits per heavy atom. The van der Waals surface area contributed by atoms with Crippen LogP contribution in [0.25, 0.3) is 0 Å². The van der Waals surface area contributed by atoms with Crippen LogP contribution in [0.3, 0.4) is 0 Å². The lowest BCUT2D eigenvalue weighted by molar-refractivity contribution is -0.0328. The highest BCUT2D eigenvalue weighted by Crippen LogP contribution is 2.52. The number of aryl methyl sites for hydroxylation is 1. The summed E-state index contributed by atoms with van der Waals surface area (Å²) in [6.45, 7) is 4.85. The lowest BCUT2D eigenvalue weighted by Gasteiger charge is -2.55. The van der Waals surface area contributed by atoms with Crippen molar-refractivity contribution < 1.29 is 18.3 Å². The van der Waals surface area contributed by atoms with Crippen molar-refractivity contribution >= 4 is 23.4 Å². The largest absolute Gasteiger partial charge is 0.513 e. The van der Waals surface area contributed by atoms with E-state index in [4.69, 9.17) is 11.6 Å². The van der Waals surface area contributed by atoms with E-state index in [1.807, 2.05) is 30.3 Å². The van der Waals surface area contributed by atoms with E-state index in [2.05, 4.69) is 72.1 Å². The maximum atomic E-state index is 13.3. The van der Waals surface area contributed by atoms with Crippen molar-refractivity contribution in [3.63, 3.8) is 0 Å². The zero-order valence-electron chi connectivity index (χ0n) is 24.6. The molecule has 2 nitrogen and oxygen atoms in total. The minimum Gasteiger partial charge on any atom is -0.513 e. The Labute approximate surface area is 267 Å². The van der Waals surface area contributed by atoms with E-state index in [0.29, 0.717) is 18.5 Å². The van der Waals surface area contributed by atoms with Crippen LogP contribution in [-0.4, -0.2) is 28.1 Å². The third-order valence-corrected chi connectivity index (χ3v) is 9.95.